The Bertz CT molecular complexity index is 1430. The fraction of sp³-hybridized carbons (Fsp3) is 0.120. The van der Waals surface area contributed by atoms with Crippen molar-refractivity contribution in [2.45, 2.75) is 13.3 Å². The van der Waals surface area contributed by atoms with E-state index in [0.717, 1.165) is 28.3 Å². The molecule has 2 aromatic heterocycles. The van der Waals surface area contributed by atoms with Gasteiger partial charge in [0.05, 0.1) is 11.0 Å². The fourth-order valence-corrected chi connectivity index (χ4v) is 3.89. The fourth-order valence-electron chi connectivity index (χ4n) is 3.76. The van der Waals surface area contributed by atoms with E-state index in [9.17, 15) is 4.79 Å². The Hall–Kier alpha value is -3.77. The molecule has 2 heterocycles. The number of hydrogen-bond donors (Lipinski definition) is 1. The molecule has 0 saturated carbocycles. The summed E-state index contributed by atoms with van der Waals surface area (Å²) in [4.78, 5) is 17.7. The van der Waals surface area contributed by atoms with Crippen LogP contribution in [0.2, 0.25) is 5.02 Å². The summed E-state index contributed by atoms with van der Waals surface area (Å²) in [5.74, 6) is 1.36. The van der Waals surface area contributed by atoms with Crippen molar-refractivity contribution in [2.24, 2.45) is 0 Å². The van der Waals surface area contributed by atoms with Crippen LogP contribution in [0, 0.1) is 6.92 Å². The van der Waals surface area contributed by atoms with Gasteiger partial charge in [0, 0.05) is 22.7 Å². The van der Waals surface area contributed by atoms with E-state index < -0.39 is 0 Å². The van der Waals surface area contributed by atoms with Gasteiger partial charge in [-0.1, -0.05) is 54.1 Å². The Kier molecular flexibility index (Phi) is 5.29. The van der Waals surface area contributed by atoms with Crippen molar-refractivity contribution >= 4 is 39.9 Å². The highest BCUT2D eigenvalue weighted by Gasteiger charge is 2.16. The smallest absolute Gasteiger partial charge is 0.204 e. The van der Waals surface area contributed by atoms with Crippen LogP contribution in [0.1, 0.15) is 27.3 Å². The molecule has 6 nitrogen and oxygen atoms in total. The Morgan fingerprint density at radius 1 is 0.969 bits per heavy atom. The quantitative estimate of drug-likeness (QED) is 0.370. The standard InChI is InChI=1S/C25H20ClN5O/c1-16-29-30-25-24(27-14-13-17-7-10-20(26)11-8-17)28-21-12-9-19(15-22(21)31(16)25)23(32)18-5-3-2-4-6-18/h2-12,15H,13-14H2,1H3,(H,27,28). The van der Waals surface area contributed by atoms with Crippen molar-refractivity contribution < 1.29 is 4.79 Å². The third kappa shape index (κ3) is 3.81. The summed E-state index contributed by atoms with van der Waals surface area (Å²) < 4.78 is 1.94. The molecule has 5 aromatic rings. The first-order chi connectivity index (χ1) is 15.6. The molecular weight excluding hydrogens is 422 g/mol. The molecule has 0 aliphatic carbocycles. The first-order valence-corrected chi connectivity index (χ1v) is 10.7. The zero-order valence-corrected chi connectivity index (χ0v) is 18.2. The Balaban J connectivity index is 1.49. The van der Waals surface area contributed by atoms with Gasteiger partial charge in [-0.2, -0.15) is 0 Å². The lowest BCUT2D eigenvalue weighted by atomic mass is 10.0. The maximum absolute atomic E-state index is 12.9. The molecule has 7 heteroatoms. The molecule has 158 valence electrons. The van der Waals surface area contributed by atoms with Gasteiger partial charge in [0.15, 0.2) is 11.6 Å². The van der Waals surface area contributed by atoms with Gasteiger partial charge in [-0.05, 0) is 49.2 Å². The number of anilines is 1. The van der Waals surface area contributed by atoms with Gasteiger partial charge < -0.3 is 5.32 Å². The van der Waals surface area contributed by atoms with E-state index in [1.165, 1.54) is 5.56 Å². The minimum atomic E-state index is -0.0310. The van der Waals surface area contributed by atoms with E-state index in [1.54, 1.807) is 0 Å². The van der Waals surface area contributed by atoms with Crippen molar-refractivity contribution in [3.05, 3.63) is 100 Å². The Morgan fingerprint density at radius 2 is 1.75 bits per heavy atom. The number of hydrogen-bond acceptors (Lipinski definition) is 5. The summed E-state index contributed by atoms with van der Waals surface area (Å²) in [7, 11) is 0. The number of carbonyl (C=O) groups is 1. The Morgan fingerprint density at radius 3 is 2.53 bits per heavy atom. The average molecular weight is 442 g/mol. The molecule has 0 bridgehead atoms. The molecule has 0 saturated heterocycles. The topological polar surface area (TPSA) is 72.2 Å². The predicted molar refractivity (Wildman–Crippen MR) is 127 cm³/mol. The molecule has 0 amide bonds. The number of aryl methyl sites for hydroxylation is 1. The van der Waals surface area contributed by atoms with Crippen LogP contribution < -0.4 is 5.32 Å². The lowest BCUT2D eigenvalue weighted by molar-refractivity contribution is 0.103. The molecule has 0 atom stereocenters. The van der Waals surface area contributed by atoms with E-state index in [2.05, 4.69) is 15.5 Å². The van der Waals surface area contributed by atoms with E-state index in [0.29, 0.717) is 29.1 Å². The molecule has 0 aliphatic heterocycles. The lowest BCUT2D eigenvalue weighted by Gasteiger charge is -2.11. The molecular formula is C25H20ClN5O. The minimum absolute atomic E-state index is 0.0310. The molecule has 0 aliphatic rings. The highest BCUT2D eigenvalue weighted by Crippen LogP contribution is 2.24. The van der Waals surface area contributed by atoms with Crippen molar-refractivity contribution in [3.8, 4) is 0 Å². The van der Waals surface area contributed by atoms with Crippen LogP contribution in [0.5, 0.6) is 0 Å². The number of rotatable bonds is 6. The van der Waals surface area contributed by atoms with Crippen molar-refractivity contribution in [1.82, 2.24) is 19.6 Å². The second-order valence-corrected chi connectivity index (χ2v) is 8.00. The summed E-state index contributed by atoms with van der Waals surface area (Å²) in [6, 6.07) is 22.6. The number of benzene rings is 3. The third-order valence-corrected chi connectivity index (χ3v) is 5.65. The molecule has 3 aromatic carbocycles. The van der Waals surface area contributed by atoms with Crippen LogP contribution >= 0.6 is 11.6 Å². The first-order valence-electron chi connectivity index (χ1n) is 10.3. The summed E-state index contributed by atoms with van der Waals surface area (Å²) in [6.07, 6.45) is 0.820. The summed E-state index contributed by atoms with van der Waals surface area (Å²) in [5.41, 5.74) is 4.63. The lowest BCUT2D eigenvalue weighted by Crippen LogP contribution is -2.09. The predicted octanol–water partition coefficient (Wildman–Crippen LogP) is 5.12. The monoisotopic (exact) mass is 441 g/mol. The van der Waals surface area contributed by atoms with Crippen LogP contribution in [-0.4, -0.2) is 31.9 Å². The first kappa shape index (κ1) is 20.2. The second-order valence-electron chi connectivity index (χ2n) is 7.57. The van der Waals surface area contributed by atoms with E-state index in [-0.39, 0.29) is 5.78 Å². The highest BCUT2D eigenvalue weighted by molar-refractivity contribution is 6.30. The molecule has 0 radical (unpaired) electrons. The molecule has 32 heavy (non-hydrogen) atoms. The number of nitrogens with zero attached hydrogens (tertiary/aromatic N) is 4. The highest BCUT2D eigenvalue weighted by atomic mass is 35.5. The van der Waals surface area contributed by atoms with Gasteiger partial charge in [0.1, 0.15) is 5.82 Å². The second kappa shape index (κ2) is 8.40. The van der Waals surface area contributed by atoms with Crippen LogP contribution in [0.25, 0.3) is 16.7 Å². The average Bonchev–Trinajstić information content (AvgIpc) is 3.22. The van der Waals surface area contributed by atoms with E-state index in [4.69, 9.17) is 16.6 Å². The number of nitrogens with one attached hydrogen (secondary N) is 1. The number of aromatic nitrogens is 4. The number of fused-ring (bicyclic) bond motifs is 3. The largest absolute Gasteiger partial charge is 0.367 e. The van der Waals surface area contributed by atoms with E-state index >= 15 is 0 Å². The zero-order valence-electron chi connectivity index (χ0n) is 17.4. The van der Waals surface area contributed by atoms with Crippen molar-refractivity contribution in [3.63, 3.8) is 0 Å². The summed E-state index contributed by atoms with van der Waals surface area (Å²) in [5, 5.41) is 12.7. The van der Waals surface area contributed by atoms with Crippen molar-refractivity contribution in [1.29, 1.82) is 0 Å². The van der Waals surface area contributed by atoms with Crippen molar-refractivity contribution in [2.75, 3.05) is 11.9 Å². The van der Waals surface area contributed by atoms with Crippen LogP contribution in [0.15, 0.2) is 72.8 Å². The molecule has 1 N–H and O–H groups in total. The number of ketones is 1. The molecule has 0 spiro atoms. The van der Waals surface area contributed by atoms with Gasteiger partial charge in [0.2, 0.25) is 5.65 Å². The normalized spacial score (nSPS) is 11.2. The van der Waals surface area contributed by atoms with Crippen LogP contribution in [0.4, 0.5) is 5.82 Å². The summed E-state index contributed by atoms with van der Waals surface area (Å²) in [6.45, 7) is 2.58. The van der Waals surface area contributed by atoms with Gasteiger partial charge in [-0.3, -0.25) is 9.20 Å². The third-order valence-electron chi connectivity index (χ3n) is 5.40. The van der Waals surface area contributed by atoms with Gasteiger partial charge >= 0.3 is 0 Å². The van der Waals surface area contributed by atoms with Gasteiger partial charge in [-0.15, -0.1) is 10.2 Å². The maximum atomic E-state index is 12.9. The van der Waals surface area contributed by atoms with Gasteiger partial charge in [-0.25, -0.2) is 4.98 Å². The molecule has 0 unspecified atom stereocenters. The summed E-state index contributed by atoms with van der Waals surface area (Å²) >= 11 is 5.97. The maximum Gasteiger partial charge on any atom is 0.204 e. The minimum Gasteiger partial charge on any atom is -0.367 e. The van der Waals surface area contributed by atoms with Crippen LogP contribution in [-0.2, 0) is 6.42 Å². The molecule has 0 fully saturated rings. The molecule has 5 rings (SSSR count). The van der Waals surface area contributed by atoms with Crippen LogP contribution in [0.3, 0.4) is 0 Å². The zero-order chi connectivity index (χ0) is 22.1. The van der Waals surface area contributed by atoms with Gasteiger partial charge in [0.25, 0.3) is 0 Å². The number of carbonyl (C=O) groups excluding carboxylic acids is 1. The SMILES string of the molecule is Cc1nnc2c(NCCc3ccc(Cl)cc3)nc3ccc(C(=O)c4ccccc4)cc3n12. The Labute approximate surface area is 189 Å². The van der Waals surface area contributed by atoms with E-state index in [1.807, 2.05) is 84.1 Å². The number of halogens is 1.